The normalized spacial score (nSPS) is 30.6. The SMILES string of the molecule is CCCOCCCNC(=O)[C@H]1C2C=CC(C2)[C@H]1C(=O)O. The van der Waals surface area contributed by atoms with Crippen LogP contribution in [0.4, 0.5) is 0 Å². The van der Waals surface area contributed by atoms with Gasteiger partial charge in [-0.15, -0.1) is 0 Å². The van der Waals surface area contributed by atoms with Crippen LogP contribution in [-0.2, 0) is 14.3 Å². The largest absolute Gasteiger partial charge is 0.481 e. The molecule has 1 fully saturated rings. The van der Waals surface area contributed by atoms with E-state index in [9.17, 15) is 14.7 Å². The molecule has 2 aliphatic carbocycles. The average molecular weight is 281 g/mol. The maximum Gasteiger partial charge on any atom is 0.307 e. The van der Waals surface area contributed by atoms with E-state index in [1.807, 2.05) is 12.2 Å². The fourth-order valence-corrected chi connectivity index (χ4v) is 3.27. The summed E-state index contributed by atoms with van der Waals surface area (Å²) in [5, 5.41) is 12.1. The summed E-state index contributed by atoms with van der Waals surface area (Å²) in [6, 6.07) is 0. The van der Waals surface area contributed by atoms with E-state index < -0.39 is 17.8 Å². The molecule has 0 saturated heterocycles. The Morgan fingerprint density at radius 2 is 1.95 bits per heavy atom. The van der Waals surface area contributed by atoms with Crippen LogP contribution < -0.4 is 5.32 Å². The van der Waals surface area contributed by atoms with E-state index in [0.29, 0.717) is 13.2 Å². The van der Waals surface area contributed by atoms with Crippen molar-refractivity contribution in [2.75, 3.05) is 19.8 Å². The first kappa shape index (κ1) is 15.0. The smallest absolute Gasteiger partial charge is 0.307 e. The van der Waals surface area contributed by atoms with Gasteiger partial charge in [-0.05, 0) is 31.1 Å². The monoisotopic (exact) mass is 281 g/mol. The van der Waals surface area contributed by atoms with E-state index in [2.05, 4.69) is 12.2 Å². The molecule has 1 saturated carbocycles. The minimum absolute atomic E-state index is 0.0288. The summed E-state index contributed by atoms with van der Waals surface area (Å²) in [4.78, 5) is 23.5. The predicted octanol–water partition coefficient (Wildman–Crippen LogP) is 1.44. The molecule has 0 heterocycles. The van der Waals surface area contributed by atoms with Gasteiger partial charge in [-0.25, -0.2) is 0 Å². The molecule has 2 bridgehead atoms. The highest BCUT2D eigenvalue weighted by atomic mass is 16.5. The zero-order chi connectivity index (χ0) is 14.5. The van der Waals surface area contributed by atoms with E-state index in [1.165, 1.54) is 0 Å². The molecule has 5 heteroatoms. The number of amides is 1. The van der Waals surface area contributed by atoms with Crippen LogP contribution in [0.1, 0.15) is 26.2 Å². The van der Waals surface area contributed by atoms with Crippen molar-refractivity contribution in [3.8, 4) is 0 Å². The van der Waals surface area contributed by atoms with Crippen LogP contribution in [0.25, 0.3) is 0 Å². The van der Waals surface area contributed by atoms with Crippen molar-refractivity contribution in [2.45, 2.75) is 26.2 Å². The fraction of sp³-hybridized carbons (Fsp3) is 0.733. The van der Waals surface area contributed by atoms with Gasteiger partial charge in [0.2, 0.25) is 5.91 Å². The highest BCUT2D eigenvalue weighted by Gasteiger charge is 2.51. The Kier molecular flexibility index (Phi) is 5.17. The molecule has 2 N–H and O–H groups in total. The van der Waals surface area contributed by atoms with Gasteiger partial charge in [0, 0.05) is 19.8 Å². The lowest BCUT2D eigenvalue weighted by Crippen LogP contribution is -2.40. The minimum atomic E-state index is -0.853. The molecule has 112 valence electrons. The fourth-order valence-electron chi connectivity index (χ4n) is 3.27. The highest BCUT2D eigenvalue weighted by molar-refractivity contribution is 5.86. The van der Waals surface area contributed by atoms with Gasteiger partial charge in [-0.1, -0.05) is 19.1 Å². The molecular weight excluding hydrogens is 258 g/mol. The van der Waals surface area contributed by atoms with Gasteiger partial charge in [0.15, 0.2) is 0 Å². The van der Waals surface area contributed by atoms with E-state index in [4.69, 9.17) is 4.74 Å². The van der Waals surface area contributed by atoms with Gasteiger partial charge in [-0.2, -0.15) is 0 Å². The standard InChI is InChI=1S/C15H23NO4/c1-2-7-20-8-3-6-16-14(17)12-10-4-5-11(9-10)13(12)15(18)19/h4-5,10-13H,2-3,6-9H2,1H3,(H,16,17)(H,18,19)/t10?,11?,12-,13+/m0/s1. The molecule has 0 aliphatic heterocycles. The third kappa shape index (κ3) is 3.20. The van der Waals surface area contributed by atoms with E-state index in [-0.39, 0.29) is 17.7 Å². The Hall–Kier alpha value is -1.36. The van der Waals surface area contributed by atoms with Gasteiger partial charge in [0.25, 0.3) is 0 Å². The zero-order valence-electron chi connectivity index (χ0n) is 11.9. The van der Waals surface area contributed by atoms with Crippen LogP contribution >= 0.6 is 0 Å². The zero-order valence-corrected chi connectivity index (χ0v) is 11.9. The van der Waals surface area contributed by atoms with Crippen molar-refractivity contribution in [1.29, 1.82) is 0 Å². The molecule has 1 amide bonds. The molecule has 5 nitrogen and oxygen atoms in total. The number of carboxylic acids is 1. The summed E-state index contributed by atoms with van der Waals surface area (Å²) in [7, 11) is 0. The number of fused-ring (bicyclic) bond motifs is 2. The number of hydrogen-bond donors (Lipinski definition) is 2. The number of allylic oxidation sites excluding steroid dienone is 2. The molecule has 2 aliphatic rings. The van der Waals surface area contributed by atoms with Crippen molar-refractivity contribution in [2.24, 2.45) is 23.7 Å². The molecule has 4 atom stereocenters. The first-order valence-corrected chi connectivity index (χ1v) is 7.41. The summed E-state index contributed by atoms with van der Waals surface area (Å²) in [6.07, 6.45) is 6.50. The van der Waals surface area contributed by atoms with Crippen LogP contribution in [0.15, 0.2) is 12.2 Å². The predicted molar refractivity (Wildman–Crippen MR) is 74.1 cm³/mol. The number of hydrogen-bond acceptors (Lipinski definition) is 3. The first-order valence-electron chi connectivity index (χ1n) is 7.41. The third-order valence-corrected chi connectivity index (χ3v) is 4.16. The third-order valence-electron chi connectivity index (χ3n) is 4.16. The van der Waals surface area contributed by atoms with Crippen molar-refractivity contribution in [3.63, 3.8) is 0 Å². The molecule has 0 spiro atoms. The minimum Gasteiger partial charge on any atom is -0.481 e. The van der Waals surface area contributed by atoms with Gasteiger partial charge in [-0.3, -0.25) is 9.59 Å². The number of aliphatic carboxylic acids is 1. The van der Waals surface area contributed by atoms with Gasteiger partial charge in [0.05, 0.1) is 11.8 Å². The highest BCUT2D eigenvalue weighted by Crippen LogP contribution is 2.48. The molecule has 0 aromatic rings. The number of carbonyl (C=O) groups is 2. The van der Waals surface area contributed by atoms with E-state index in [0.717, 1.165) is 25.9 Å². The average Bonchev–Trinajstić information content (AvgIpc) is 3.02. The number of ether oxygens (including phenoxy) is 1. The molecule has 0 aromatic carbocycles. The van der Waals surface area contributed by atoms with Crippen LogP contribution in [0.5, 0.6) is 0 Å². The van der Waals surface area contributed by atoms with Gasteiger partial charge in [0.1, 0.15) is 0 Å². The lowest BCUT2D eigenvalue weighted by atomic mass is 9.82. The summed E-state index contributed by atoms with van der Waals surface area (Å²) in [5.74, 6) is -1.81. The molecule has 0 aromatic heterocycles. The van der Waals surface area contributed by atoms with E-state index in [1.54, 1.807) is 0 Å². The van der Waals surface area contributed by atoms with Crippen molar-refractivity contribution >= 4 is 11.9 Å². The topological polar surface area (TPSA) is 75.6 Å². The maximum absolute atomic E-state index is 12.2. The molecule has 2 rings (SSSR count). The summed E-state index contributed by atoms with van der Waals surface area (Å²) < 4.78 is 5.34. The van der Waals surface area contributed by atoms with Crippen LogP contribution in [0, 0.1) is 23.7 Å². The Morgan fingerprint density at radius 1 is 1.25 bits per heavy atom. The van der Waals surface area contributed by atoms with Crippen LogP contribution in [0.3, 0.4) is 0 Å². The van der Waals surface area contributed by atoms with Crippen LogP contribution in [0.2, 0.25) is 0 Å². The lowest BCUT2D eigenvalue weighted by Gasteiger charge is -2.23. The van der Waals surface area contributed by atoms with Crippen molar-refractivity contribution < 1.29 is 19.4 Å². The van der Waals surface area contributed by atoms with Crippen molar-refractivity contribution in [3.05, 3.63) is 12.2 Å². The number of carboxylic acid groups (broad SMARTS) is 1. The summed E-state index contributed by atoms with van der Waals surface area (Å²) in [5.41, 5.74) is 0. The lowest BCUT2D eigenvalue weighted by molar-refractivity contribution is -0.147. The number of carbonyl (C=O) groups excluding carboxylic acids is 1. The Bertz CT molecular complexity index is 393. The Labute approximate surface area is 119 Å². The second-order valence-electron chi connectivity index (χ2n) is 5.60. The van der Waals surface area contributed by atoms with Gasteiger partial charge < -0.3 is 15.2 Å². The Morgan fingerprint density at radius 3 is 2.60 bits per heavy atom. The maximum atomic E-state index is 12.2. The molecule has 0 radical (unpaired) electrons. The second kappa shape index (κ2) is 6.88. The quantitative estimate of drug-likeness (QED) is 0.521. The summed E-state index contributed by atoms with van der Waals surface area (Å²) >= 11 is 0. The van der Waals surface area contributed by atoms with Crippen LogP contribution in [-0.4, -0.2) is 36.7 Å². The second-order valence-corrected chi connectivity index (χ2v) is 5.60. The van der Waals surface area contributed by atoms with Gasteiger partial charge >= 0.3 is 5.97 Å². The molecule has 20 heavy (non-hydrogen) atoms. The number of nitrogens with one attached hydrogen (secondary N) is 1. The van der Waals surface area contributed by atoms with Crippen molar-refractivity contribution in [1.82, 2.24) is 5.32 Å². The van der Waals surface area contributed by atoms with E-state index >= 15 is 0 Å². The molecular formula is C15H23NO4. The Balaban J connectivity index is 1.77. The summed E-state index contributed by atoms with van der Waals surface area (Å²) in [6.45, 7) is 3.97. The first-order chi connectivity index (χ1) is 9.65. The number of rotatable bonds is 8. The molecule has 2 unspecified atom stereocenters.